The van der Waals surface area contributed by atoms with Gasteiger partial charge in [-0.25, -0.2) is 9.56 Å². The first-order chi connectivity index (χ1) is 11.2. The fourth-order valence-corrected chi connectivity index (χ4v) is 4.26. The highest BCUT2D eigenvalue weighted by molar-refractivity contribution is 7.21. The zero-order chi connectivity index (χ0) is 15.8. The van der Waals surface area contributed by atoms with Crippen LogP contribution in [0.3, 0.4) is 0 Å². The van der Waals surface area contributed by atoms with Crippen LogP contribution in [-0.4, -0.2) is 32.2 Å². The number of fused-ring (bicyclic) bond motifs is 2. The Morgan fingerprint density at radius 2 is 1.83 bits per heavy atom. The molecule has 4 heteroatoms. The molecule has 2 aliphatic heterocycles. The van der Waals surface area contributed by atoms with Crippen molar-refractivity contribution >= 4 is 27.2 Å². The number of hydrogen-bond acceptors (Lipinski definition) is 3. The Labute approximate surface area is 140 Å². The maximum Gasteiger partial charge on any atom is 0.201 e. The Hall–Kier alpha value is -1.94. The highest BCUT2D eigenvalue weighted by Gasteiger charge is 2.13. The van der Waals surface area contributed by atoms with Gasteiger partial charge in [0.1, 0.15) is 14.1 Å². The van der Waals surface area contributed by atoms with Crippen LogP contribution < -0.4 is 14.8 Å². The van der Waals surface area contributed by atoms with E-state index in [-0.39, 0.29) is 0 Å². The quantitative estimate of drug-likeness (QED) is 0.505. The molecule has 0 aromatic heterocycles. The average molecular weight is 324 g/mol. The first kappa shape index (κ1) is 14.6. The minimum Gasteiger partial charge on any atom is -0.371 e. The minimum absolute atomic E-state index is 1.08. The lowest BCUT2D eigenvalue weighted by Crippen LogP contribution is -2.29. The topological polar surface area (TPSA) is 19.1 Å². The van der Waals surface area contributed by atoms with Crippen LogP contribution in [0, 0.1) is 0 Å². The molecule has 0 spiro atoms. The van der Waals surface area contributed by atoms with Crippen LogP contribution in [0.15, 0.2) is 36.4 Å². The van der Waals surface area contributed by atoms with Crippen molar-refractivity contribution in [2.45, 2.75) is 19.3 Å². The molecule has 1 saturated heterocycles. The first-order valence-corrected chi connectivity index (χ1v) is 9.12. The lowest BCUT2D eigenvalue weighted by molar-refractivity contribution is 0.578. The van der Waals surface area contributed by atoms with Gasteiger partial charge >= 0.3 is 0 Å². The Balaban J connectivity index is 1.85. The van der Waals surface area contributed by atoms with Crippen molar-refractivity contribution in [2.24, 2.45) is 0 Å². The number of hydrogen-bond donors (Lipinski definition) is 0. The van der Waals surface area contributed by atoms with E-state index in [1.165, 1.54) is 53.0 Å². The largest absolute Gasteiger partial charge is 0.371 e. The lowest BCUT2D eigenvalue weighted by atomic mass is 10.1. The van der Waals surface area contributed by atoms with E-state index in [1.807, 2.05) is 11.3 Å². The molecule has 0 saturated carbocycles. The normalized spacial score (nSPS) is 15.3. The van der Waals surface area contributed by atoms with Gasteiger partial charge in [0.15, 0.2) is 0 Å². The van der Waals surface area contributed by atoms with Gasteiger partial charge in [-0.2, -0.15) is 0 Å². The molecule has 1 aliphatic carbocycles. The molecule has 23 heavy (non-hydrogen) atoms. The van der Waals surface area contributed by atoms with E-state index in [4.69, 9.17) is 4.98 Å². The van der Waals surface area contributed by atoms with Gasteiger partial charge in [0.05, 0.1) is 20.8 Å². The Morgan fingerprint density at radius 3 is 2.61 bits per heavy atom. The van der Waals surface area contributed by atoms with Crippen molar-refractivity contribution < 1.29 is 0 Å². The number of aromatic nitrogens is 1. The second-order valence-corrected chi connectivity index (χ2v) is 7.54. The standard InChI is InChI=1S/C19H22N3S/c1-21(2)14-6-8-16-18(12-14)23-19-13-15(7-9-17(19)20-16)22-10-4-3-5-11-22/h6-9,12-13H,3-5,10-11H2,1-2H3/q+1. The first-order valence-electron chi connectivity index (χ1n) is 8.31. The minimum atomic E-state index is 1.08. The maximum absolute atomic E-state index is 4.84. The molecule has 1 aromatic rings. The smallest absolute Gasteiger partial charge is 0.201 e. The zero-order valence-corrected chi connectivity index (χ0v) is 14.6. The molecule has 0 bridgehead atoms. The van der Waals surface area contributed by atoms with Crippen molar-refractivity contribution in [3.63, 3.8) is 0 Å². The summed E-state index contributed by atoms with van der Waals surface area (Å²) in [6.45, 7) is 2.37. The van der Waals surface area contributed by atoms with E-state index in [2.05, 4.69) is 60.0 Å². The summed E-state index contributed by atoms with van der Waals surface area (Å²) in [5.41, 5.74) is 3.53. The maximum atomic E-state index is 4.84. The van der Waals surface area contributed by atoms with E-state index in [9.17, 15) is 0 Å². The Morgan fingerprint density at radius 1 is 1.00 bits per heavy atom. The Bertz CT molecular complexity index is 887. The summed E-state index contributed by atoms with van der Waals surface area (Å²) in [5.74, 6) is 0. The van der Waals surface area contributed by atoms with Crippen molar-refractivity contribution in [3.05, 3.63) is 41.8 Å². The van der Waals surface area contributed by atoms with E-state index >= 15 is 0 Å². The summed E-state index contributed by atoms with van der Waals surface area (Å²) in [7, 11) is 4.16. The molecule has 3 nitrogen and oxygen atoms in total. The SMILES string of the molecule is C[N+](C)=c1ccc2nc3ccc(N4CCCCC4)cc3sc-2c1. The summed E-state index contributed by atoms with van der Waals surface area (Å²) in [6.07, 6.45) is 3.99. The van der Waals surface area contributed by atoms with Gasteiger partial charge in [0.25, 0.3) is 0 Å². The van der Waals surface area contributed by atoms with E-state index in [0.29, 0.717) is 0 Å². The molecule has 2 heterocycles. The second-order valence-electron chi connectivity index (χ2n) is 6.46. The number of anilines is 1. The second kappa shape index (κ2) is 5.93. The molecule has 0 unspecified atom stereocenters. The van der Waals surface area contributed by atoms with Crippen LogP contribution in [0.1, 0.15) is 19.3 Å². The van der Waals surface area contributed by atoms with Gasteiger partial charge in [0, 0.05) is 30.9 Å². The third kappa shape index (κ3) is 2.83. The van der Waals surface area contributed by atoms with Crippen LogP contribution in [0.2, 0.25) is 0 Å². The van der Waals surface area contributed by atoms with Crippen molar-refractivity contribution in [1.82, 2.24) is 9.56 Å². The number of rotatable bonds is 1. The monoisotopic (exact) mass is 324 g/mol. The molecule has 118 valence electrons. The van der Waals surface area contributed by atoms with Crippen LogP contribution in [-0.2, 0) is 0 Å². The lowest BCUT2D eigenvalue weighted by Gasteiger charge is -2.28. The molecular formula is C19H22N3S+. The third-order valence-corrected chi connectivity index (χ3v) is 5.68. The van der Waals surface area contributed by atoms with Crippen molar-refractivity contribution in [1.29, 1.82) is 0 Å². The van der Waals surface area contributed by atoms with Gasteiger partial charge < -0.3 is 4.90 Å². The molecule has 0 radical (unpaired) electrons. The van der Waals surface area contributed by atoms with Gasteiger partial charge in [-0.15, -0.1) is 11.3 Å². The highest BCUT2D eigenvalue weighted by Crippen LogP contribution is 2.32. The average Bonchev–Trinajstić information content (AvgIpc) is 2.59. The van der Waals surface area contributed by atoms with E-state index in [0.717, 1.165) is 11.2 Å². The summed E-state index contributed by atoms with van der Waals surface area (Å²) in [5, 5.41) is 1.22. The van der Waals surface area contributed by atoms with Crippen molar-refractivity contribution in [2.75, 3.05) is 32.1 Å². The predicted octanol–water partition coefficient (Wildman–Crippen LogP) is 3.42. The molecule has 4 rings (SSSR count). The summed E-state index contributed by atoms with van der Waals surface area (Å²) in [6, 6.07) is 13.2. The molecular weight excluding hydrogens is 302 g/mol. The van der Waals surface area contributed by atoms with Crippen LogP contribution in [0.5, 0.6) is 0 Å². The van der Waals surface area contributed by atoms with Crippen LogP contribution >= 0.6 is 11.3 Å². The van der Waals surface area contributed by atoms with Crippen molar-refractivity contribution in [3.8, 4) is 10.6 Å². The number of benzene rings is 2. The number of nitrogens with zero attached hydrogens (tertiary/aromatic N) is 3. The molecule has 3 aliphatic rings. The predicted molar refractivity (Wildman–Crippen MR) is 99.4 cm³/mol. The fraction of sp³-hybridized carbons (Fsp3) is 0.368. The summed E-state index contributed by atoms with van der Waals surface area (Å²) < 4.78 is 3.41. The van der Waals surface area contributed by atoms with Gasteiger partial charge in [-0.05, 0) is 43.5 Å². The van der Waals surface area contributed by atoms with Crippen LogP contribution in [0.25, 0.3) is 20.8 Å². The van der Waals surface area contributed by atoms with Gasteiger partial charge in [-0.1, -0.05) is 0 Å². The molecule has 1 aromatic carbocycles. The van der Waals surface area contributed by atoms with Gasteiger partial charge in [-0.3, -0.25) is 0 Å². The zero-order valence-electron chi connectivity index (χ0n) is 13.7. The highest BCUT2D eigenvalue weighted by atomic mass is 32.1. The Kier molecular flexibility index (Phi) is 3.77. The molecule has 1 fully saturated rings. The number of piperidine rings is 1. The van der Waals surface area contributed by atoms with E-state index < -0.39 is 0 Å². The van der Waals surface area contributed by atoms with Gasteiger partial charge in [0.2, 0.25) is 5.36 Å². The fourth-order valence-electron chi connectivity index (χ4n) is 3.23. The molecule has 0 amide bonds. The molecule has 0 N–H and O–H groups in total. The van der Waals surface area contributed by atoms with Crippen LogP contribution in [0.4, 0.5) is 5.69 Å². The third-order valence-electron chi connectivity index (χ3n) is 4.59. The molecule has 0 atom stereocenters. The summed E-state index contributed by atoms with van der Waals surface area (Å²) in [4.78, 5) is 8.60. The summed E-state index contributed by atoms with van der Waals surface area (Å²) >= 11 is 1.85. The van der Waals surface area contributed by atoms with E-state index in [1.54, 1.807) is 0 Å².